The number of carbonyl (C=O) groups excluding carboxylic acids is 2. The molecule has 40 heavy (non-hydrogen) atoms. The molecule has 1 amide bonds. The monoisotopic (exact) mass is 552 g/mol. The van der Waals surface area contributed by atoms with Gasteiger partial charge in [-0.3, -0.25) is 9.59 Å². The Labute approximate surface area is 236 Å². The van der Waals surface area contributed by atoms with Crippen molar-refractivity contribution in [1.82, 2.24) is 9.80 Å². The van der Waals surface area contributed by atoms with Crippen molar-refractivity contribution in [1.29, 1.82) is 0 Å². The molecule has 2 aliphatic heterocycles. The minimum atomic E-state index is -0.799. The number of fused-ring (bicyclic) bond motifs is 1. The van der Waals surface area contributed by atoms with Crippen molar-refractivity contribution in [3.63, 3.8) is 0 Å². The molecule has 9 nitrogen and oxygen atoms in total. The minimum Gasteiger partial charge on any atom is -0.507 e. The number of ketones is 1. The third-order valence-corrected chi connectivity index (χ3v) is 7.42. The van der Waals surface area contributed by atoms with Gasteiger partial charge >= 0.3 is 0 Å². The summed E-state index contributed by atoms with van der Waals surface area (Å²) in [6.45, 7) is 10.2. The highest BCUT2D eigenvalue weighted by molar-refractivity contribution is 6.46. The number of rotatable bonds is 13. The minimum absolute atomic E-state index is 0.0277. The summed E-state index contributed by atoms with van der Waals surface area (Å²) in [6.07, 6.45) is 3.10. The van der Waals surface area contributed by atoms with Gasteiger partial charge in [0.15, 0.2) is 23.0 Å². The van der Waals surface area contributed by atoms with E-state index in [1.165, 1.54) is 0 Å². The molecule has 9 heteroatoms. The predicted octanol–water partition coefficient (Wildman–Crippen LogP) is 4.80. The van der Waals surface area contributed by atoms with Crippen LogP contribution >= 0.6 is 0 Å². The Bertz CT molecular complexity index is 1240. The number of carbonyl (C=O) groups is 2. The van der Waals surface area contributed by atoms with Crippen molar-refractivity contribution >= 4 is 17.4 Å². The molecule has 0 radical (unpaired) electrons. The number of benzene rings is 2. The molecule has 1 saturated heterocycles. The summed E-state index contributed by atoms with van der Waals surface area (Å²) in [5, 5.41) is 11.5. The lowest BCUT2D eigenvalue weighted by molar-refractivity contribution is -0.140. The molecule has 0 aliphatic carbocycles. The second-order valence-electron chi connectivity index (χ2n) is 9.84. The van der Waals surface area contributed by atoms with Crippen molar-refractivity contribution < 1.29 is 33.6 Å². The summed E-state index contributed by atoms with van der Waals surface area (Å²) >= 11 is 0. The fourth-order valence-corrected chi connectivity index (χ4v) is 5.10. The third kappa shape index (κ3) is 6.20. The smallest absolute Gasteiger partial charge is 0.295 e. The number of nitrogens with zero attached hydrogens (tertiary/aromatic N) is 2. The molecule has 0 aromatic heterocycles. The summed E-state index contributed by atoms with van der Waals surface area (Å²) in [5.41, 5.74) is 1.05. The largest absolute Gasteiger partial charge is 0.507 e. The highest BCUT2D eigenvalue weighted by atomic mass is 16.6. The van der Waals surface area contributed by atoms with E-state index in [9.17, 15) is 14.7 Å². The van der Waals surface area contributed by atoms with E-state index in [0.29, 0.717) is 67.0 Å². The molecule has 4 rings (SSSR count). The molecule has 1 fully saturated rings. The summed E-state index contributed by atoms with van der Waals surface area (Å²) in [4.78, 5) is 30.6. The van der Waals surface area contributed by atoms with Crippen LogP contribution in [0.3, 0.4) is 0 Å². The second kappa shape index (κ2) is 13.6. The van der Waals surface area contributed by atoms with Crippen molar-refractivity contribution in [2.24, 2.45) is 0 Å². The number of Topliss-reactive ketones (excluding diaryl/α,β-unsaturated/α-hetero) is 1. The molecular weight excluding hydrogens is 512 g/mol. The van der Waals surface area contributed by atoms with Crippen LogP contribution in [0, 0.1) is 0 Å². The van der Waals surface area contributed by atoms with Crippen molar-refractivity contribution in [2.75, 3.05) is 53.1 Å². The molecule has 2 aromatic carbocycles. The van der Waals surface area contributed by atoms with Gasteiger partial charge in [0.2, 0.25) is 0 Å². The van der Waals surface area contributed by atoms with Gasteiger partial charge in [-0.2, -0.15) is 0 Å². The molecule has 1 unspecified atom stereocenters. The van der Waals surface area contributed by atoms with E-state index in [0.717, 1.165) is 32.4 Å². The van der Waals surface area contributed by atoms with Crippen LogP contribution in [0.5, 0.6) is 23.0 Å². The summed E-state index contributed by atoms with van der Waals surface area (Å²) in [5.74, 6) is 0.513. The Kier molecular flexibility index (Phi) is 9.93. The maximum atomic E-state index is 13.5. The number of likely N-dealkylation sites (tertiary alicyclic amines) is 1. The summed E-state index contributed by atoms with van der Waals surface area (Å²) in [6, 6.07) is 9.61. The van der Waals surface area contributed by atoms with E-state index >= 15 is 0 Å². The molecular formula is C31H40N2O7. The van der Waals surface area contributed by atoms with E-state index in [1.807, 2.05) is 6.07 Å². The Morgan fingerprint density at radius 1 is 1.00 bits per heavy atom. The van der Waals surface area contributed by atoms with Crippen LogP contribution in [-0.4, -0.2) is 79.7 Å². The fraction of sp³-hybridized carbons (Fsp3) is 0.484. The number of methoxy groups -OCH3 is 1. The summed E-state index contributed by atoms with van der Waals surface area (Å²) < 4.78 is 22.9. The van der Waals surface area contributed by atoms with Crippen LogP contribution in [0.2, 0.25) is 0 Å². The molecule has 1 N–H and O–H groups in total. The van der Waals surface area contributed by atoms with E-state index in [-0.39, 0.29) is 11.3 Å². The van der Waals surface area contributed by atoms with Gasteiger partial charge in [-0.05, 0) is 55.4 Å². The normalized spacial score (nSPS) is 17.9. The predicted molar refractivity (Wildman–Crippen MR) is 152 cm³/mol. The van der Waals surface area contributed by atoms with Gasteiger partial charge in [0.05, 0.1) is 25.3 Å². The molecule has 216 valence electrons. The Morgan fingerprint density at radius 3 is 2.45 bits per heavy atom. The fourth-order valence-electron chi connectivity index (χ4n) is 5.10. The Morgan fingerprint density at radius 2 is 1.75 bits per heavy atom. The van der Waals surface area contributed by atoms with Crippen LogP contribution in [0.4, 0.5) is 0 Å². The highest BCUT2D eigenvalue weighted by Crippen LogP contribution is 2.43. The maximum absolute atomic E-state index is 13.5. The van der Waals surface area contributed by atoms with Crippen LogP contribution in [-0.2, 0) is 9.59 Å². The topological polar surface area (TPSA) is 97.8 Å². The van der Waals surface area contributed by atoms with Crippen molar-refractivity contribution in [2.45, 2.75) is 46.1 Å². The van der Waals surface area contributed by atoms with Gasteiger partial charge in [-0.15, -0.1) is 0 Å². The van der Waals surface area contributed by atoms with Gasteiger partial charge in [0.25, 0.3) is 11.7 Å². The quantitative estimate of drug-likeness (QED) is 0.164. The first-order valence-electron chi connectivity index (χ1n) is 14.1. The number of hydrogen-bond acceptors (Lipinski definition) is 8. The van der Waals surface area contributed by atoms with Gasteiger partial charge < -0.3 is 33.9 Å². The van der Waals surface area contributed by atoms with Gasteiger partial charge in [-0.25, -0.2) is 0 Å². The molecule has 1 atom stereocenters. The molecule has 0 spiro atoms. The maximum Gasteiger partial charge on any atom is 0.295 e. The van der Waals surface area contributed by atoms with Crippen molar-refractivity contribution in [3.8, 4) is 23.0 Å². The molecule has 0 saturated carbocycles. The Hall–Kier alpha value is -3.72. The third-order valence-electron chi connectivity index (χ3n) is 7.42. The lowest BCUT2D eigenvalue weighted by atomic mass is 9.94. The van der Waals surface area contributed by atoms with Crippen LogP contribution in [0.25, 0.3) is 5.76 Å². The zero-order valence-corrected chi connectivity index (χ0v) is 23.9. The van der Waals surface area contributed by atoms with Crippen LogP contribution < -0.4 is 18.9 Å². The standard InChI is InChI=1S/C31H40N2O7/c1-5-8-9-16-38-23-12-10-21(19-25(23)37-4)28-27(30(35)31(36)33(28)15-14-32(6-2)7-3)29(34)22-11-13-24-26(20-22)40-18-17-39-24/h10-13,19-20,28,34H,5-9,14-18H2,1-4H3. The van der Waals surface area contributed by atoms with Crippen LogP contribution in [0.15, 0.2) is 42.0 Å². The zero-order valence-electron chi connectivity index (χ0n) is 23.9. The van der Waals surface area contributed by atoms with E-state index < -0.39 is 17.7 Å². The van der Waals surface area contributed by atoms with Crippen LogP contribution in [0.1, 0.15) is 57.2 Å². The lowest BCUT2D eigenvalue weighted by Gasteiger charge is -2.28. The first-order valence-corrected chi connectivity index (χ1v) is 14.1. The van der Waals surface area contributed by atoms with E-state index in [4.69, 9.17) is 18.9 Å². The molecule has 2 heterocycles. The second-order valence-corrected chi connectivity index (χ2v) is 9.84. The summed E-state index contributed by atoms with van der Waals surface area (Å²) in [7, 11) is 1.56. The van der Waals surface area contributed by atoms with Crippen molar-refractivity contribution in [3.05, 3.63) is 53.1 Å². The van der Waals surface area contributed by atoms with E-state index in [2.05, 4.69) is 25.7 Å². The molecule has 0 bridgehead atoms. The number of ether oxygens (including phenoxy) is 4. The highest BCUT2D eigenvalue weighted by Gasteiger charge is 2.46. The average Bonchev–Trinajstić information content (AvgIpc) is 3.24. The number of aliphatic hydroxyl groups is 1. The molecule has 2 aromatic rings. The SMILES string of the molecule is CCCCCOc1ccc(C2C(=C(O)c3ccc4c(c3)OCCO4)C(=O)C(=O)N2CCN(CC)CC)cc1OC. The number of likely N-dealkylation sites (N-methyl/N-ethyl adjacent to an activating group) is 1. The van der Waals surface area contributed by atoms with Gasteiger partial charge in [0, 0.05) is 18.7 Å². The lowest BCUT2D eigenvalue weighted by Crippen LogP contribution is -2.38. The first kappa shape index (κ1) is 29.3. The number of unbranched alkanes of at least 4 members (excludes halogenated alkanes) is 2. The van der Waals surface area contributed by atoms with Gasteiger partial charge in [0.1, 0.15) is 19.0 Å². The number of amides is 1. The average molecular weight is 553 g/mol. The molecule has 2 aliphatic rings. The van der Waals surface area contributed by atoms with E-state index in [1.54, 1.807) is 42.3 Å². The van der Waals surface area contributed by atoms with Gasteiger partial charge in [-0.1, -0.05) is 39.7 Å². The number of aliphatic hydroxyl groups excluding tert-OH is 1. The zero-order chi connectivity index (χ0) is 28.6. The first-order chi connectivity index (χ1) is 19.4. The number of hydrogen-bond donors (Lipinski definition) is 1. The Balaban J connectivity index is 1.76.